The van der Waals surface area contributed by atoms with Crippen LogP contribution in [-0.2, 0) is 19.1 Å². The zero-order valence-electron chi connectivity index (χ0n) is 14.6. The molecule has 3 unspecified atom stereocenters. The van der Waals surface area contributed by atoms with Crippen LogP contribution in [0.3, 0.4) is 0 Å². The van der Waals surface area contributed by atoms with Gasteiger partial charge in [-0.15, -0.1) is 0 Å². The molecule has 4 heteroatoms. The molecule has 0 aromatic carbocycles. The summed E-state index contributed by atoms with van der Waals surface area (Å²) in [5.41, 5.74) is -1.04. The minimum absolute atomic E-state index is 0.0897. The van der Waals surface area contributed by atoms with E-state index in [1.54, 1.807) is 0 Å². The molecule has 0 N–H and O–H groups in total. The molecule has 0 radical (unpaired) electrons. The van der Waals surface area contributed by atoms with Crippen LogP contribution in [0, 0.1) is 35.0 Å². The van der Waals surface area contributed by atoms with Crippen LogP contribution in [0.4, 0.5) is 0 Å². The summed E-state index contributed by atoms with van der Waals surface area (Å²) in [6.45, 7) is 10.9. The second-order valence-electron chi connectivity index (χ2n) is 8.07. The van der Waals surface area contributed by atoms with Crippen molar-refractivity contribution in [2.45, 2.75) is 53.9 Å². The van der Waals surface area contributed by atoms with Crippen molar-refractivity contribution >= 4 is 11.9 Å². The fourth-order valence-corrected chi connectivity index (χ4v) is 3.93. The van der Waals surface area contributed by atoms with Crippen LogP contribution in [0.1, 0.15) is 53.9 Å². The van der Waals surface area contributed by atoms with Crippen molar-refractivity contribution in [2.75, 3.05) is 13.2 Å². The highest BCUT2D eigenvalue weighted by Gasteiger charge is 2.64. The van der Waals surface area contributed by atoms with E-state index < -0.39 is 5.41 Å². The van der Waals surface area contributed by atoms with Gasteiger partial charge in [-0.25, -0.2) is 0 Å². The van der Waals surface area contributed by atoms with Gasteiger partial charge < -0.3 is 9.47 Å². The van der Waals surface area contributed by atoms with Crippen molar-refractivity contribution in [1.29, 1.82) is 0 Å². The number of hydrogen-bond acceptors (Lipinski definition) is 4. The van der Waals surface area contributed by atoms with Gasteiger partial charge in [0, 0.05) is 0 Å². The summed E-state index contributed by atoms with van der Waals surface area (Å²) in [5.74, 6) is 0.961. The first-order chi connectivity index (χ1) is 10.3. The van der Waals surface area contributed by atoms with Crippen molar-refractivity contribution < 1.29 is 19.1 Å². The Kier molecular flexibility index (Phi) is 5.18. The summed E-state index contributed by atoms with van der Waals surface area (Å²) in [6.07, 6.45) is 2.49. The molecular formula is C18H30O4. The smallest absolute Gasteiger partial charge is 0.323 e. The summed E-state index contributed by atoms with van der Waals surface area (Å²) < 4.78 is 10.9. The number of carbonyl (C=O) groups is 2. The molecule has 4 nitrogen and oxygen atoms in total. The molecule has 126 valence electrons. The van der Waals surface area contributed by atoms with Crippen LogP contribution in [0.15, 0.2) is 0 Å². The van der Waals surface area contributed by atoms with Gasteiger partial charge in [-0.2, -0.15) is 0 Å². The van der Waals surface area contributed by atoms with E-state index in [0.29, 0.717) is 31.5 Å². The predicted octanol–water partition coefficient (Wildman–Crippen LogP) is 3.44. The average molecular weight is 310 g/mol. The van der Waals surface area contributed by atoms with E-state index >= 15 is 0 Å². The number of fused-ring (bicyclic) bond motifs is 2. The van der Waals surface area contributed by atoms with Gasteiger partial charge in [-0.1, -0.05) is 34.6 Å². The molecule has 2 saturated carbocycles. The van der Waals surface area contributed by atoms with E-state index in [1.165, 1.54) is 0 Å². The van der Waals surface area contributed by atoms with Gasteiger partial charge in [0.25, 0.3) is 0 Å². The highest BCUT2D eigenvalue weighted by atomic mass is 16.6. The molecule has 2 fully saturated rings. The van der Waals surface area contributed by atoms with Crippen LogP contribution in [0.5, 0.6) is 0 Å². The molecule has 22 heavy (non-hydrogen) atoms. The molecule has 2 bridgehead atoms. The third-order valence-electron chi connectivity index (χ3n) is 5.15. The van der Waals surface area contributed by atoms with E-state index in [-0.39, 0.29) is 29.7 Å². The highest BCUT2D eigenvalue weighted by molar-refractivity contribution is 6.01. The van der Waals surface area contributed by atoms with Gasteiger partial charge >= 0.3 is 11.9 Å². The number of carbonyl (C=O) groups excluding carboxylic acids is 2. The molecule has 0 aliphatic heterocycles. The number of hydrogen-bond donors (Lipinski definition) is 0. The number of rotatable bonds is 6. The van der Waals surface area contributed by atoms with E-state index in [0.717, 1.165) is 12.8 Å². The quantitative estimate of drug-likeness (QED) is 0.557. The molecule has 2 rings (SSSR count). The maximum atomic E-state index is 12.7. The summed E-state index contributed by atoms with van der Waals surface area (Å²) in [4.78, 5) is 25.5. The van der Waals surface area contributed by atoms with Gasteiger partial charge in [0.2, 0.25) is 0 Å². The van der Waals surface area contributed by atoms with E-state index in [2.05, 4.69) is 6.92 Å². The Balaban J connectivity index is 2.15. The molecule has 0 spiro atoms. The molecule has 3 atom stereocenters. The zero-order valence-corrected chi connectivity index (χ0v) is 14.6. The maximum absolute atomic E-state index is 12.7. The lowest BCUT2D eigenvalue weighted by molar-refractivity contribution is -0.179. The van der Waals surface area contributed by atoms with Crippen LogP contribution >= 0.6 is 0 Å². The topological polar surface area (TPSA) is 52.6 Å². The third kappa shape index (κ3) is 3.16. The van der Waals surface area contributed by atoms with E-state index in [9.17, 15) is 9.59 Å². The van der Waals surface area contributed by atoms with E-state index in [1.807, 2.05) is 27.7 Å². The Hall–Kier alpha value is -1.06. The van der Waals surface area contributed by atoms with Crippen molar-refractivity contribution in [3.8, 4) is 0 Å². The molecule has 0 amide bonds. The lowest BCUT2D eigenvalue weighted by Gasteiger charge is -2.35. The second-order valence-corrected chi connectivity index (χ2v) is 8.07. The standard InChI is InChI=1S/C18H30O4/c1-11(2)9-21-16(19)18(17(20)22-10-12(3)4)8-14-7-15(18)6-13(14)5/h11-15H,6-10H2,1-5H3. The first-order valence-corrected chi connectivity index (χ1v) is 8.61. The second kappa shape index (κ2) is 6.59. The fourth-order valence-electron chi connectivity index (χ4n) is 3.93. The molecule has 0 heterocycles. The van der Waals surface area contributed by atoms with Gasteiger partial charge in [-0.05, 0) is 48.9 Å². The largest absolute Gasteiger partial charge is 0.465 e. The summed E-state index contributed by atoms with van der Waals surface area (Å²) >= 11 is 0. The number of esters is 2. The van der Waals surface area contributed by atoms with E-state index in [4.69, 9.17) is 9.47 Å². The lowest BCUT2D eigenvalue weighted by Crippen LogP contribution is -2.47. The van der Waals surface area contributed by atoms with Crippen LogP contribution in [0.25, 0.3) is 0 Å². The average Bonchev–Trinajstić information content (AvgIpc) is 2.99. The first kappa shape index (κ1) is 17.3. The molecule has 0 aromatic heterocycles. The Morgan fingerprint density at radius 3 is 1.82 bits per heavy atom. The zero-order chi connectivity index (χ0) is 16.5. The molecule has 2 aliphatic rings. The monoisotopic (exact) mass is 310 g/mol. The van der Waals surface area contributed by atoms with Crippen LogP contribution in [0.2, 0.25) is 0 Å². The van der Waals surface area contributed by atoms with Crippen molar-refractivity contribution in [1.82, 2.24) is 0 Å². The SMILES string of the molecule is CC(C)COC(=O)C1(C(=O)OCC(C)C)CC2CC1CC2C. The first-order valence-electron chi connectivity index (χ1n) is 8.61. The van der Waals surface area contributed by atoms with Crippen molar-refractivity contribution in [3.63, 3.8) is 0 Å². The van der Waals surface area contributed by atoms with Crippen molar-refractivity contribution in [3.05, 3.63) is 0 Å². The predicted molar refractivity (Wildman–Crippen MR) is 84.0 cm³/mol. The molecule has 0 saturated heterocycles. The highest BCUT2D eigenvalue weighted by Crippen LogP contribution is 2.59. The summed E-state index contributed by atoms with van der Waals surface area (Å²) in [6, 6.07) is 0. The maximum Gasteiger partial charge on any atom is 0.323 e. The normalized spacial score (nSPS) is 29.1. The molecular weight excluding hydrogens is 280 g/mol. The van der Waals surface area contributed by atoms with Gasteiger partial charge in [-0.3, -0.25) is 9.59 Å². The minimum atomic E-state index is -1.04. The van der Waals surface area contributed by atoms with Crippen LogP contribution in [-0.4, -0.2) is 25.2 Å². The van der Waals surface area contributed by atoms with Crippen molar-refractivity contribution in [2.24, 2.45) is 35.0 Å². The third-order valence-corrected chi connectivity index (χ3v) is 5.15. The van der Waals surface area contributed by atoms with Gasteiger partial charge in [0.1, 0.15) is 0 Å². The number of ether oxygens (including phenoxy) is 2. The molecule has 2 aliphatic carbocycles. The summed E-state index contributed by atoms with van der Waals surface area (Å²) in [7, 11) is 0. The fraction of sp³-hybridized carbons (Fsp3) is 0.889. The Labute approximate surface area is 133 Å². The lowest BCUT2D eigenvalue weighted by atomic mass is 9.70. The Morgan fingerprint density at radius 1 is 1.00 bits per heavy atom. The van der Waals surface area contributed by atoms with Gasteiger partial charge in [0.05, 0.1) is 13.2 Å². The van der Waals surface area contributed by atoms with Crippen LogP contribution < -0.4 is 0 Å². The minimum Gasteiger partial charge on any atom is -0.465 e. The summed E-state index contributed by atoms with van der Waals surface area (Å²) in [5, 5.41) is 0. The molecule has 0 aromatic rings. The Bertz CT molecular complexity index is 401. The Morgan fingerprint density at radius 2 is 1.50 bits per heavy atom. The van der Waals surface area contributed by atoms with Gasteiger partial charge in [0.15, 0.2) is 5.41 Å².